The molecule has 3 N–H and O–H groups in total. The standard InChI is InChI=1S/C13H21N7O3/c1-17-10-9(11(21)18(2)13(17)22)20(12(15-10)16-14)4-3-19-5-7-23-8-6-19/h3-8,14H2,1-2H3,(H,15,16). The lowest BCUT2D eigenvalue weighted by atomic mass is 10.4. The normalized spacial score (nSPS) is 16.1. The van der Waals surface area contributed by atoms with Gasteiger partial charge in [0.25, 0.3) is 5.56 Å². The number of anilines is 1. The minimum absolute atomic E-state index is 0.327. The number of nitrogens with two attached hydrogens (primary N) is 1. The fourth-order valence-electron chi connectivity index (χ4n) is 2.84. The van der Waals surface area contributed by atoms with Gasteiger partial charge >= 0.3 is 5.69 Å². The maximum Gasteiger partial charge on any atom is 0.332 e. The molecular formula is C13H21N7O3. The number of nitrogens with zero attached hydrogens (tertiary/aromatic N) is 5. The van der Waals surface area contributed by atoms with E-state index in [1.165, 1.54) is 11.6 Å². The number of hydrogen-bond acceptors (Lipinski definition) is 7. The number of rotatable bonds is 4. The molecule has 1 saturated heterocycles. The average Bonchev–Trinajstić information content (AvgIpc) is 2.96. The molecule has 0 unspecified atom stereocenters. The van der Waals surface area contributed by atoms with E-state index in [1.54, 1.807) is 11.6 Å². The summed E-state index contributed by atoms with van der Waals surface area (Å²) in [5, 5.41) is 0. The maximum atomic E-state index is 12.5. The molecule has 0 aromatic carbocycles. The first-order chi connectivity index (χ1) is 11.0. The Hall–Kier alpha value is -2.17. The molecule has 2 aromatic heterocycles. The first kappa shape index (κ1) is 15.7. The summed E-state index contributed by atoms with van der Waals surface area (Å²) < 4.78 is 9.49. The zero-order chi connectivity index (χ0) is 16.6. The Morgan fingerprint density at radius 2 is 1.87 bits per heavy atom. The number of nitrogen functional groups attached to an aromatic ring is 1. The SMILES string of the molecule is Cn1c(=O)c2c(nc(NN)n2CCN2CCOCC2)n(C)c1=O. The van der Waals surface area contributed by atoms with Crippen molar-refractivity contribution < 1.29 is 4.74 Å². The van der Waals surface area contributed by atoms with Crippen LogP contribution in [0.3, 0.4) is 0 Å². The van der Waals surface area contributed by atoms with Gasteiger partial charge in [-0.2, -0.15) is 4.98 Å². The summed E-state index contributed by atoms with van der Waals surface area (Å²) in [4.78, 5) is 31.1. The van der Waals surface area contributed by atoms with E-state index in [-0.39, 0.29) is 5.56 Å². The molecule has 10 nitrogen and oxygen atoms in total. The highest BCUT2D eigenvalue weighted by molar-refractivity contribution is 5.74. The molecule has 1 aliphatic rings. The topological polar surface area (TPSA) is 112 Å². The molecule has 1 aliphatic heterocycles. The van der Waals surface area contributed by atoms with E-state index < -0.39 is 5.69 Å². The highest BCUT2D eigenvalue weighted by Crippen LogP contribution is 2.14. The van der Waals surface area contributed by atoms with Gasteiger partial charge in [-0.15, -0.1) is 0 Å². The van der Waals surface area contributed by atoms with Crippen LogP contribution in [0.25, 0.3) is 11.2 Å². The van der Waals surface area contributed by atoms with Crippen molar-refractivity contribution in [2.24, 2.45) is 19.9 Å². The van der Waals surface area contributed by atoms with E-state index in [0.29, 0.717) is 36.9 Å². The van der Waals surface area contributed by atoms with Gasteiger partial charge in [-0.3, -0.25) is 24.3 Å². The number of fused-ring (bicyclic) bond motifs is 1. The molecule has 1 fully saturated rings. The lowest BCUT2D eigenvalue weighted by Crippen LogP contribution is -2.39. The third-order valence-corrected chi connectivity index (χ3v) is 4.22. The van der Waals surface area contributed by atoms with Gasteiger partial charge in [-0.1, -0.05) is 0 Å². The molecule has 0 atom stereocenters. The van der Waals surface area contributed by atoms with Gasteiger partial charge < -0.3 is 9.30 Å². The van der Waals surface area contributed by atoms with Gasteiger partial charge in [0.15, 0.2) is 11.2 Å². The predicted octanol–water partition coefficient (Wildman–Crippen LogP) is -1.95. The summed E-state index contributed by atoms with van der Waals surface area (Å²) >= 11 is 0. The summed E-state index contributed by atoms with van der Waals surface area (Å²) in [5.41, 5.74) is 2.42. The van der Waals surface area contributed by atoms with Crippen molar-refractivity contribution in [3.8, 4) is 0 Å². The third-order valence-electron chi connectivity index (χ3n) is 4.22. The number of nitrogens with one attached hydrogen (secondary N) is 1. The number of aryl methyl sites for hydroxylation is 1. The second-order valence-electron chi connectivity index (χ2n) is 5.56. The van der Waals surface area contributed by atoms with Gasteiger partial charge in [0, 0.05) is 40.3 Å². The highest BCUT2D eigenvalue weighted by atomic mass is 16.5. The average molecular weight is 323 g/mol. The molecule has 10 heteroatoms. The molecule has 0 saturated carbocycles. The van der Waals surface area contributed by atoms with Crippen molar-refractivity contribution in [3.05, 3.63) is 20.8 Å². The number of hydrazine groups is 1. The monoisotopic (exact) mass is 323 g/mol. The lowest BCUT2D eigenvalue weighted by Gasteiger charge is -2.26. The third kappa shape index (κ3) is 2.64. The first-order valence-corrected chi connectivity index (χ1v) is 7.47. The lowest BCUT2D eigenvalue weighted by molar-refractivity contribution is 0.0366. The van der Waals surface area contributed by atoms with Crippen molar-refractivity contribution in [1.29, 1.82) is 0 Å². The Morgan fingerprint density at radius 3 is 2.52 bits per heavy atom. The summed E-state index contributed by atoms with van der Waals surface area (Å²) in [7, 11) is 3.04. The molecular weight excluding hydrogens is 302 g/mol. The fourth-order valence-corrected chi connectivity index (χ4v) is 2.84. The molecule has 3 heterocycles. The van der Waals surface area contributed by atoms with Gasteiger partial charge in [-0.05, 0) is 0 Å². The first-order valence-electron chi connectivity index (χ1n) is 7.47. The van der Waals surface area contributed by atoms with Crippen LogP contribution in [0.15, 0.2) is 9.59 Å². The number of hydrogen-bond donors (Lipinski definition) is 2. The largest absolute Gasteiger partial charge is 0.379 e. The Kier molecular flexibility index (Phi) is 4.20. The second kappa shape index (κ2) is 6.14. The zero-order valence-corrected chi connectivity index (χ0v) is 13.3. The molecule has 126 valence electrons. The van der Waals surface area contributed by atoms with Crippen LogP contribution >= 0.6 is 0 Å². The Balaban J connectivity index is 2.04. The van der Waals surface area contributed by atoms with Crippen LogP contribution in [0.1, 0.15) is 0 Å². The van der Waals surface area contributed by atoms with Crippen LogP contribution < -0.4 is 22.5 Å². The highest BCUT2D eigenvalue weighted by Gasteiger charge is 2.19. The molecule has 0 bridgehead atoms. The van der Waals surface area contributed by atoms with Crippen molar-refractivity contribution in [3.63, 3.8) is 0 Å². The fraction of sp³-hybridized carbons (Fsp3) is 0.615. The van der Waals surface area contributed by atoms with Crippen molar-refractivity contribution in [2.75, 3.05) is 38.3 Å². The molecule has 0 radical (unpaired) electrons. The molecule has 2 aromatic rings. The summed E-state index contributed by atoms with van der Waals surface area (Å²) in [6.45, 7) is 4.42. The van der Waals surface area contributed by atoms with Crippen molar-refractivity contribution >= 4 is 17.1 Å². The minimum Gasteiger partial charge on any atom is -0.379 e. The summed E-state index contributed by atoms with van der Waals surface area (Å²) in [6.07, 6.45) is 0. The second-order valence-corrected chi connectivity index (χ2v) is 5.56. The number of aromatic nitrogens is 4. The van der Waals surface area contributed by atoms with E-state index in [9.17, 15) is 9.59 Å². The maximum absolute atomic E-state index is 12.5. The van der Waals surface area contributed by atoms with E-state index in [4.69, 9.17) is 10.6 Å². The van der Waals surface area contributed by atoms with Gasteiger partial charge in [-0.25, -0.2) is 10.6 Å². The van der Waals surface area contributed by atoms with Gasteiger partial charge in [0.05, 0.1) is 13.2 Å². The number of morpholine rings is 1. The zero-order valence-electron chi connectivity index (χ0n) is 13.3. The van der Waals surface area contributed by atoms with E-state index >= 15 is 0 Å². The van der Waals surface area contributed by atoms with Crippen LogP contribution in [0.2, 0.25) is 0 Å². The summed E-state index contributed by atoms with van der Waals surface area (Å²) in [5.74, 6) is 5.90. The van der Waals surface area contributed by atoms with Crippen molar-refractivity contribution in [2.45, 2.75) is 6.54 Å². The molecule has 23 heavy (non-hydrogen) atoms. The molecule has 0 aliphatic carbocycles. The van der Waals surface area contributed by atoms with Gasteiger partial charge in [0.2, 0.25) is 5.95 Å². The quantitative estimate of drug-likeness (QED) is 0.497. The molecule has 0 spiro atoms. The Morgan fingerprint density at radius 1 is 1.17 bits per heavy atom. The molecule has 3 rings (SSSR count). The van der Waals surface area contributed by atoms with Crippen LogP contribution in [0.5, 0.6) is 0 Å². The van der Waals surface area contributed by atoms with Gasteiger partial charge in [0.1, 0.15) is 0 Å². The minimum atomic E-state index is -0.413. The Labute approximate surface area is 132 Å². The number of ether oxygens (including phenoxy) is 1. The van der Waals surface area contributed by atoms with Crippen LogP contribution in [0.4, 0.5) is 5.95 Å². The smallest absolute Gasteiger partial charge is 0.332 e. The molecule has 0 amide bonds. The van der Waals surface area contributed by atoms with Crippen LogP contribution in [0, 0.1) is 0 Å². The summed E-state index contributed by atoms with van der Waals surface area (Å²) in [6, 6.07) is 0. The van der Waals surface area contributed by atoms with E-state index in [2.05, 4.69) is 15.3 Å². The van der Waals surface area contributed by atoms with Crippen molar-refractivity contribution in [1.82, 2.24) is 23.6 Å². The van der Waals surface area contributed by atoms with Crippen LogP contribution in [-0.4, -0.2) is 56.4 Å². The van der Waals surface area contributed by atoms with E-state index in [1.807, 2.05) is 0 Å². The van der Waals surface area contributed by atoms with Crippen LogP contribution in [-0.2, 0) is 25.4 Å². The predicted molar refractivity (Wildman–Crippen MR) is 85.3 cm³/mol. The Bertz CT molecular complexity index is 829. The number of imidazole rings is 1. The van der Waals surface area contributed by atoms with E-state index in [0.717, 1.165) is 24.2 Å².